The monoisotopic (exact) mass is 372 g/mol. The van der Waals surface area contributed by atoms with Gasteiger partial charge >= 0.3 is 5.69 Å². The van der Waals surface area contributed by atoms with Gasteiger partial charge in [-0.2, -0.15) is 5.26 Å². The van der Waals surface area contributed by atoms with Gasteiger partial charge in [-0.3, -0.25) is 10.1 Å². The molecule has 0 bridgehead atoms. The van der Waals surface area contributed by atoms with Crippen molar-refractivity contribution in [3.63, 3.8) is 0 Å². The maximum atomic E-state index is 11.1. The van der Waals surface area contributed by atoms with Crippen molar-refractivity contribution in [1.82, 2.24) is 0 Å². The fraction of sp³-hybridized carbons (Fsp3) is 0. The lowest BCUT2D eigenvalue weighted by atomic mass is 10.2. The van der Waals surface area contributed by atoms with Crippen LogP contribution in [0.2, 0.25) is 0 Å². The van der Waals surface area contributed by atoms with Crippen LogP contribution < -0.4 is 0 Å². The van der Waals surface area contributed by atoms with E-state index in [9.17, 15) is 18.5 Å². The zero-order chi connectivity index (χ0) is 12.5. The summed E-state index contributed by atoms with van der Waals surface area (Å²) in [5, 5.41) is 19.4. The second kappa shape index (κ2) is 4.52. The Balaban J connectivity index is 3.76. The summed E-state index contributed by atoms with van der Waals surface area (Å²) in [6, 6.07) is 3.84. The summed E-state index contributed by atoms with van der Waals surface area (Å²) in [5.41, 5.74) is -0.647. The molecule has 0 aliphatic heterocycles. The van der Waals surface area contributed by atoms with Crippen molar-refractivity contribution in [2.45, 2.75) is 4.90 Å². The number of nitriles is 1. The summed E-state index contributed by atoms with van der Waals surface area (Å²) in [5.74, 6) is 0. The summed E-state index contributed by atoms with van der Waals surface area (Å²) >= 11 is 1.53. The summed E-state index contributed by atoms with van der Waals surface area (Å²) < 4.78 is 22.1. The van der Waals surface area contributed by atoms with Crippen LogP contribution in [0.15, 0.2) is 17.0 Å². The Bertz CT molecular complexity index is 608. The van der Waals surface area contributed by atoms with Crippen molar-refractivity contribution < 1.29 is 13.3 Å². The maximum absolute atomic E-state index is 11.1. The van der Waals surface area contributed by atoms with Crippen LogP contribution in [-0.2, 0) is 9.05 Å². The number of benzene rings is 1. The topological polar surface area (TPSA) is 101 Å². The molecule has 0 saturated carbocycles. The molecule has 0 fully saturated rings. The van der Waals surface area contributed by atoms with E-state index < -0.39 is 24.6 Å². The molecule has 0 aliphatic carbocycles. The van der Waals surface area contributed by atoms with Gasteiger partial charge in [0, 0.05) is 10.7 Å². The Labute approximate surface area is 109 Å². The van der Waals surface area contributed by atoms with Gasteiger partial charge in [-0.15, -0.1) is 0 Å². The Morgan fingerprint density at radius 3 is 2.44 bits per heavy atom. The van der Waals surface area contributed by atoms with Gasteiger partial charge in [0.1, 0.15) is 9.64 Å². The van der Waals surface area contributed by atoms with Crippen molar-refractivity contribution in [3.05, 3.63) is 31.4 Å². The lowest BCUT2D eigenvalue weighted by molar-refractivity contribution is -0.388. The fourth-order valence-electron chi connectivity index (χ4n) is 1.00. The molecule has 0 radical (unpaired) electrons. The van der Waals surface area contributed by atoms with Crippen LogP contribution in [0, 0.1) is 25.0 Å². The second-order valence-corrected chi connectivity index (χ2v) is 6.19. The van der Waals surface area contributed by atoms with Crippen LogP contribution in [0.5, 0.6) is 0 Å². The van der Waals surface area contributed by atoms with E-state index in [1.54, 1.807) is 6.07 Å². The lowest BCUT2D eigenvalue weighted by Gasteiger charge is -2.02. The smallest absolute Gasteiger partial charge is 0.258 e. The normalized spacial score (nSPS) is 10.8. The molecular weight excluding hydrogens is 371 g/mol. The molecule has 0 unspecified atom stereocenters. The third-order valence-corrected chi connectivity index (χ3v) is 4.09. The number of nitro benzene ring substituents is 1. The average molecular weight is 373 g/mol. The van der Waals surface area contributed by atoms with Gasteiger partial charge in [0.15, 0.2) is 4.90 Å². The summed E-state index contributed by atoms with van der Waals surface area (Å²) in [4.78, 5) is 9.24. The number of nitro groups is 1. The Hall–Kier alpha value is -0.920. The molecule has 6 nitrogen and oxygen atoms in total. The zero-order valence-electron chi connectivity index (χ0n) is 7.35. The van der Waals surface area contributed by atoms with Crippen LogP contribution in [0.1, 0.15) is 5.56 Å². The maximum Gasteiger partial charge on any atom is 0.303 e. The molecule has 84 valence electrons. The van der Waals surface area contributed by atoms with Crippen molar-refractivity contribution in [3.8, 4) is 6.07 Å². The third-order valence-electron chi connectivity index (χ3n) is 1.64. The standard InChI is InChI=1S/C7H2ClIN2O4S/c8-16(14,15)5-2-1-4(3-10)6(9)7(5)11(12)13/h1-2H. The molecule has 0 heterocycles. The SMILES string of the molecule is N#Cc1ccc(S(=O)(=O)Cl)c([N+](=O)[O-])c1I. The molecule has 1 rings (SSSR count). The molecule has 0 atom stereocenters. The largest absolute Gasteiger partial charge is 0.303 e. The van der Waals surface area contributed by atoms with Gasteiger partial charge < -0.3 is 0 Å². The van der Waals surface area contributed by atoms with Crippen LogP contribution in [0.25, 0.3) is 0 Å². The molecule has 0 N–H and O–H groups in total. The van der Waals surface area contributed by atoms with Crippen LogP contribution in [0.3, 0.4) is 0 Å². The quantitative estimate of drug-likeness (QED) is 0.342. The predicted molar refractivity (Wildman–Crippen MR) is 63.6 cm³/mol. The van der Waals surface area contributed by atoms with Crippen LogP contribution in [-0.4, -0.2) is 13.3 Å². The first-order valence-corrected chi connectivity index (χ1v) is 6.99. The molecule has 1 aromatic carbocycles. The fourth-order valence-corrected chi connectivity index (χ4v) is 2.98. The van der Waals surface area contributed by atoms with Crippen LogP contribution >= 0.6 is 33.3 Å². The lowest BCUT2D eigenvalue weighted by Crippen LogP contribution is -2.02. The van der Waals surface area contributed by atoms with Gasteiger partial charge in [-0.25, -0.2) is 8.42 Å². The van der Waals surface area contributed by atoms with Crippen molar-refractivity contribution in [1.29, 1.82) is 5.26 Å². The summed E-state index contributed by atoms with van der Waals surface area (Å²) in [7, 11) is 0.847. The Kier molecular flexibility index (Phi) is 3.72. The first-order valence-electron chi connectivity index (χ1n) is 3.60. The zero-order valence-corrected chi connectivity index (χ0v) is 11.1. The van der Waals surface area contributed by atoms with Gasteiger partial charge in [0.05, 0.1) is 10.5 Å². The molecule has 1 aromatic rings. The van der Waals surface area contributed by atoms with E-state index in [1.807, 2.05) is 0 Å². The number of hydrogen-bond donors (Lipinski definition) is 0. The van der Waals surface area contributed by atoms with Gasteiger partial charge in [0.2, 0.25) is 0 Å². The molecular formula is C7H2ClIN2O4S. The minimum absolute atomic E-state index is 0.0244. The molecule has 0 aromatic heterocycles. The highest BCUT2D eigenvalue weighted by atomic mass is 127. The minimum Gasteiger partial charge on any atom is -0.258 e. The molecule has 0 aliphatic rings. The molecule has 0 amide bonds. The summed E-state index contributed by atoms with van der Waals surface area (Å²) in [6.07, 6.45) is 0. The predicted octanol–water partition coefficient (Wildman–Crippen LogP) is 2.00. The molecule has 9 heteroatoms. The van der Waals surface area contributed by atoms with Gasteiger partial charge in [-0.1, -0.05) is 0 Å². The highest BCUT2D eigenvalue weighted by molar-refractivity contribution is 14.1. The third kappa shape index (κ3) is 2.42. The number of halogens is 2. The first kappa shape index (κ1) is 13.1. The van der Waals surface area contributed by atoms with E-state index in [-0.39, 0.29) is 9.13 Å². The van der Waals surface area contributed by atoms with E-state index in [2.05, 4.69) is 0 Å². The Morgan fingerprint density at radius 2 is 2.06 bits per heavy atom. The van der Waals surface area contributed by atoms with E-state index in [0.29, 0.717) is 0 Å². The van der Waals surface area contributed by atoms with E-state index >= 15 is 0 Å². The van der Waals surface area contributed by atoms with Crippen molar-refractivity contribution in [2.24, 2.45) is 0 Å². The van der Waals surface area contributed by atoms with E-state index in [0.717, 1.165) is 6.07 Å². The van der Waals surface area contributed by atoms with Crippen molar-refractivity contribution >= 4 is 48.0 Å². The average Bonchev–Trinajstić information content (AvgIpc) is 2.15. The molecule has 0 saturated heterocycles. The Morgan fingerprint density at radius 1 is 1.50 bits per heavy atom. The highest BCUT2D eigenvalue weighted by Crippen LogP contribution is 2.33. The molecule has 16 heavy (non-hydrogen) atoms. The number of rotatable bonds is 2. The van der Waals surface area contributed by atoms with Gasteiger partial charge in [-0.05, 0) is 34.7 Å². The van der Waals surface area contributed by atoms with Gasteiger partial charge in [0.25, 0.3) is 9.05 Å². The minimum atomic E-state index is -4.21. The number of hydrogen-bond acceptors (Lipinski definition) is 5. The number of nitrogens with zero attached hydrogens (tertiary/aromatic N) is 2. The molecule has 0 spiro atoms. The summed E-state index contributed by atoms with van der Waals surface area (Å²) in [6.45, 7) is 0. The van der Waals surface area contributed by atoms with E-state index in [4.69, 9.17) is 15.9 Å². The first-order chi connectivity index (χ1) is 7.29. The van der Waals surface area contributed by atoms with Crippen molar-refractivity contribution in [2.75, 3.05) is 0 Å². The second-order valence-electron chi connectivity index (χ2n) is 2.58. The van der Waals surface area contributed by atoms with E-state index in [1.165, 1.54) is 28.7 Å². The highest BCUT2D eigenvalue weighted by Gasteiger charge is 2.28. The van der Waals surface area contributed by atoms with Crippen LogP contribution in [0.4, 0.5) is 5.69 Å².